The summed E-state index contributed by atoms with van der Waals surface area (Å²) < 4.78 is 13.1. The second-order valence-corrected chi connectivity index (χ2v) is 4.64. The summed E-state index contributed by atoms with van der Waals surface area (Å²) in [5, 5.41) is 0.928. The van der Waals surface area contributed by atoms with Crippen molar-refractivity contribution in [2.75, 3.05) is 0 Å². The first-order valence-electron chi connectivity index (χ1n) is 6.35. The standard InChI is InChI=1S/C17H12FNO/c18-15-5-1-3-12(9-15)10-17(20)14-6-7-16-13(11-14)4-2-8-19-16/h1-9,11H,10H2. The number of Topliss-reactive ketones (excluding diaryl/α,β-unsaturated/α-hetero) is 1. The maximum Gasteiger partial charge on any atom is 0.167 e. The van der Waals surface area contributed by atoms with Crippen LogP contribution < -0.4 is 0 Å². The number of hydrogen-bond donors (Lipinski definition) is 0. The lowest BCUT2D eigenvalue weighted by molar-refractivity contribution is 0.0993. The zero-order valence-corrected chi connectivity index (χ0v) is 10.7. The van der Waals surface area contributed by atoms with Crippen LogP contribution >= 0.6 is 0 Å². The molecule has 98 valence electrons. The molecule has 0 fully saturated rings. The number of pyridine rings is 1. The van der Waals surface area contributed by atoms with Crippen molar-refractivity contribution in [1.82, 2.24) is 4.98 Å². The van der Waals surface area contributed by atoms with E-state index in [1.807, 2.05) is 24.3 Å². The predicted octanol–water partition coefficient (Wildman–Crippen LogP) is 3.80. The Balaban J connectivity index is 1.88. The van der Waals surface area contributed by atoms with Crippen molar-refractivity contribution in [2.24, 2.45) is 0 Å². The molecule has 0 N–H and O–H groups in total. The minimum atomic E-state index is -0.321. The van der Waals surface area contributed by atoms with E-state index in [1.54, 1.807) is 24.4 Å². The molecule has 0 saturated heterocycles. The summed E-state index contributed by atoms with van der Waals surface area (Å²) in [5.41, 5.74) is 2.16. The molecule has 0 amide bonds. The van der Waals surface area contributed by atoms with Gasteiger partial charge in [0.25, 0.3) is 0 Å². The van der Waals surface area contributed by atoms with E-state index in [0.717, 1.165) is 10.9 Å². The SMILES string of the molecule is O=C(Cc1cccc(F)c1)c1ccc2ncccc2c1. The normalized spacial score (nSPS) is 10.7. The predicted molar refractivity (Wildman–Crippen MR) is 76.2 cm³/mol. The van der Waals surface area contributed by atoms with E-state index in [4.69, 9.17) is 0 Å². The number of aromatic nitrogens is 1. The second kappa shape index (κ2) is 5.21. The van der Waals surface area contributed by atoms with Gasteiger partial charge in [-0.05, 0) is 42.0 Å². The molecule has 3 heteroatoms. The number of benzene rings is 2. The van der Waals surface area contributed by atoms with Crippen LogP contribution in [0.15, 0.2) is 60.8 Å². The molecule has 0 saturated carbocycles. The fourth-order valence-corrected chi connectivity index (χ4v) is 2.18. The molecule has 1 aromatic heterocycles. The Kier molecular flexibility index (Phi) is 3.25. The number of carbonyl (C=O) groups is 1. The summed E-state index contributed by atoms with van der Waals surface area (Å²) in [6.45, 7) is 0. The van der Waals surface area contributed by atoms with E-state index in [2.05, 4.69) is 4.98 Å². The first kappa shape index (κ1) is 12.5. The minimum absolute atomic E-state index is 0.0265. The molecule has 2 nitrogen and oxygen atoms in total. The topological polar surface area (TPSA) is 30.0 Å². The molecule has 0 bridgehead atoms. The molecule has 20 heavy (non-hydrogen) atoms. The average Bonchev–Trinajstić information content (AvgIpc) is 2.47. The average molecular weight is 265 g/mol. The molecule has 2 aromatic carbocycles. The monoisotopic (exact) mass is 265 g/mol. The first-order valence-corrected chi connectivity index (χ1v) is 6.35. The van der Waals surface area contributed by atoms with E-state index >= 15 is 0 Å². The summed E-state index contributed by atoms with van der Waals surface area (Å²) in [7, 11) is 0. The van der Waals surface area contributed by atoms with Gasteiger partial charge in [0.2, 0.25) is 0 Å². The van der Waals surface area contributed by atoms with E-state index in [1.165, 1.54) is 12.1 Å². The van der Waals surface area contributed by atoms with Crippen LogP contribution in [0.5, 0.6) is 0 Å². The second-order valence-electron chi connectivity index (χ2n) is 4.64. The van der Waals surface area contributed by atoms with Crippen LogP contribution in [0.3, 0.4) is 0 Å². The number of ketones is 1. The highest BCUT2D eigenvalue weighted by atomic mass is 19.1. The van der Waals surface area contributed by atoms with Crippen molar-refractivity contribution in [3.8, 4) is 0 Å². The summed E-state index contributed by atoms with van der Waals surface area (Å²) in [5.74, 6) is -0.348. The fourth-order valence-electron chi connectivity index (χ4n) is 2.18. The molecule has 1 heterocycles. The Labute approximate surface area is 115 Å². The van der Waals surface area contributed by atoms with Gasteiger partial charge in [-0.25, -0.2) is 4.39 Å². The zero-order valence-electron chi connectivity index (χ0n) is 10.7. The number of rotatable bonds is 3. The largest absolute Gasteiger partial charge is 0.294 e. The molecule has 0 spiro atoms. The van der Waals surface area contributed by atoms with Crippen molar-refractivity contribution in [3.63, 3.8) is 0 Å². The Morgan fingerprint density at radius 1 is 1.05 bits per heavy atom. The third-order valence-corrected chi connectivity index (χ3v) is 3.18. The van der Waals surface area contributed by atoms with Gasteiger partial charge in [-0.15, -0.1) is 0 Å². The highest BCUT2D eigenvalue weighted by molar-refractivity contribution is 6.00. The molecule has 0 radical (unpaired) electrons. The number of hydrogen-bond acceptors (Lipinski definition) is 2. The molecule has 0 aliphatic rings. The molecular formula is C17H12FNO. The number of halogens is 1. The third-order valence-electron chi connectivity index (χ3n) is 3.18. The number of nitrogens with zero attached hydrogens (tertiary/aromatic N) is 1. The lowest BCUT2D eigenvalue weighted by Gasteiger charge is -2.03. The molecular weight excluding hydrogens is 253 g/mol. The maximum absolute atomic E-state index is 13.1. The van der Waals surface area contributed by atoms with Gasteiger partial charge in [-0.3, -0.25) is 9.78 Å². The van der Waals surface area contributed by atoms with Gasteiger partial charge in [-0.1, -0.05) is 18.2 Å². The van der Waals surface area contributed by atoms with Gasteiger partial charge in [-0.2, -0.15) is 0 Å². The van der Waals surface area contributed by atoms with Crippen LogP contribution in [-0.4, -0.2) is 10.8 Å². The van der Waals surface area contributed by atoms with Crippen molar-refractivity contribution in [2.45, 2.75) is 6.42 Å². The molecule has 0 aliphatic heterocycles. The Morgan fingerprint density at radius 2 is 1.95 bits per heavy atom. The van der Waals surface area contributed by atoms with E-state index in [0.29, 0.717) is 11.1 Å². The molecule has 3 aromatic rings. The van der Waals surface area contributed by atoms with Crippen LogP contribution in [0.25, 0.3) is 10.9 Å². The summed E-state index contributed by atoms with van der Waals surface area (Å²) >= 11 is 0. The van der Waals surface area contributed by atoms with Gasteiger partial charge in [0.15, 0.2) is 5.78 Å². The van der Waals surface area contributed by atoms with Gasteiger partial charge < -0.3 is 0 Å². The summed E-state index contributed by atoms with van der Waals surface area (Å²) in [6, 6.07) is 15.3. The van der Waals surface area contributed by atoms with Crippen LogP contribution in [0.4, 0.5) is 4.39 Å². The highest BCUT2D eigenvalue weighted by Gasteiger charge is 2.08. The van der Waals surface area contributed by atoms with Crippen LogP contribution in [-0.2, 0) is 6.42 Å². The number of carbonyl (C=O) groups excluding carboxylic acids is 1. The van der Waals surface area contributed by atoms with Crippen molar-refractivity contribution in [1.29, 1.82) is 0 Å². The third kappa shape index (κ3) is 2.57. The molecule has 0 atom stereocenters. The van der Waals surface area contributed by atoms with Crippen LogP contribution in [0.2, 0.25) is 0 Å². The Morgan fingerprint density at radius 3 is 2.80 bits per heavy atom. The summed E-state index contributed by atoms with van der Waals surface area (Å²) in [6.07, 6.45) is 1.92. The van der Waals surface area contributed by atoms with Crippen LogP contribution in [0.1, 0.15) is 15.9 Å². The summed E-state index contributed by atoms with van der Waals surface area (Å²) in [4.78, 5) is 16.4. The van der Waals surface area contributed by atoms with Crippen molar-refractivity contribution in [3.05, 3.63) is 77.7 Å². The lowest BCUT2D eigenvalue weighted by atomic mass is 10.0. The van der Waals surface area contributed by atoms with Crippen molar-refractivity contribution < 1.29 is 9.18 Å². The highest BCUT2D eigenvalue weighted by Crippen LogP contribution is 2.15. The fraction of sp³-hybridized carbons (Fsp3) is 0.0588. The Bertz CT molecular complexity index is 783. The maximum atomic E-state index is 13.1. The van der Waals surface area contributed by atoms with Gasteiger partial charge in [0.05, 0.1) is 5.52 Å². The lowest BCUT2D eigenvalue weighted by Crippen LogP contribution is -2.03. The van der Waals surface area contributed by atoms with Gasteiger partial charge in [0, 0.05) is 23.6 Å². The van der Waals surface area contributed by atoms with E-state index in [-0.39, 0.29) is 18.0 Å². The molecule has 0 unspecified atom stereocenters. The van der Waals surface area contributed by atoms with Crippen molar-refractivity contribution >= 4 is 16.7 Å². The molecule has 0 aliphatic carbocycles. The van der Waals surface area contributed by atoms with Crippen LogP contribution in [0, 0.1) is 5.82 Å². The van der Waals surface area contributed by atoms with E-state index < -0.39 is 0 Å². The van der Waals surface area contributed by atoms with Gasteiger partial charge >= 0.3 is 0 Å². The van der Waals surface area contributed by atoms with E-state index in [9.17, 15) is 9.18 Å². The Hall–Kier alpha value is -2.55. The zero-order chi connectivity index (χ0) is 13.9. The quantitative estimate of drug-likeness (QED) is 0.674. The number of fused-ring (bicyclic) bond motifs is 1. The smallest absolute Gasteiger partial charge is 0.167 e. The minimum Gasteiger partial charge on any atom is -0.294 e. The van der Waals surface area contributed by atoms with Gasteiger partial charge in [0.1, 0.15) is 5.82 Å². The first-order chi connectivity index (χ1) is 9.72. The molecule has 3 rings (SSSR count).